The fraction of sp³-hybridized carbons (Fsp3) is 0.800. The van der Waals surface area contributed by atoms with E-state index in [2.05, 4.69) is 22.5 Å². The van der Waals surface area contributed by atoms with Crippen LogP contribution in [0, 0.1) is 5.92 Å². The monoisotopic (exact) mass is 234 g/mol. The van der Waals surface area contributed by atoms with Crippen LogP contribution in [0.5, 0.6) is 0 Å². The summed E-state index contributed by atoms with van der Waals surface area (Å²) < 4.78 is 5.27. The Hall–Kier alpha value is 0.180. The number of allylic oxidation sites excluding steroid dienone is 1. The Morgan fingerprint density at radius 2 is 2.33 bits per heavy atom. The molecule has 1 unspecified atom stereocenters. The SMILES string of the molecule is C=CCC(CBr)CCCOCC. The van der Waals surface area contributed by atoms with Crippen LogP contribution in [0.1, 0.15) is 26.2 Å². The lowest BCUT2D eigenvalue weighted by Gasteiger charge is -2.10. The molecule has 1 nitrogen and oxygen atoms in total. The van der Waals surface area contributed by atoms with E-state index in [1.54, 1.807) is 0 Å². The molecule has 1 atom stereocenters. The third kappa shape index (κ3) is 6.86. The molecule has 0 radical (unpaired) electrons. The molecular weight excluding hydrogens is 216 g/mol. The van der Waals surface area contributed by atoms with Gasteiger partial charge in [-0.1, -0.05) is 22.0 Å². The largest absolute Gasteiger partial charge is 0.382 e. The standard InChI is InChI=1S/C10H19BrO/c1-3-6-10(9-11)7-5-8-12-4-2/h3,10H,1,4-9H2,2H3. The number of halogens is 1. The lowest BCUT2D eigenvalue weighted by Crippen LogP contribution is -2.03. The normalized spacial score (nSPS) is 12.8. The molecule has 0 saturated carbocycles. The summed E-state index contributed by atoms with van der Waals surface area (Å²) in [5.74, 6) is 0.739. The van der Waals surface area contributed by atoms with Crippen molar-refractivity contribution >= 4 is 15.9 Å². The van der Waals surface area contributed by atoms with Gasteiger partial charge in [-0.15, -0.1) is 6.58 Å². The van der Waals surface area contributed by atoms with Crippen LogP contribution in [0.4, 0.5) is 0 Å². The van der Waals surface area contributed by atoms with E-state index in [-0.39, 0.29) is 0 Å². The zero-order valence-electron chi connectivity index (χ0n) is 7.89. The first-order chi connectivity index (χ1) is 5.85. The van der Waals surface area contributed by atoms with Crippen LogP contribution in [0.3, 0.4) is 0 Å². The van der Waals surface area contributed by atoms with Gasteiger partial charge >= 0.3 is 0 Å². The van der Waals surface area contributed by atoms with Gasteiger partial charge in [0.05, 0.1) is 0 Å². The highest BCUT2D eigenvalue weighted by molar-refractivity contribution is 9.09. The van der Waals surface area contributed by atoms with Crippen molar-refractivity contribution in [1.82, 2.24) is 0 Å². The summed E-state index contributed by atoms with van der Waals surface area (Å²) in [5.41, 5.74) is 0. The van der Waals surface area contributed by atoms with Crippen molar-refractivity contribution in [3.05, 3.63) is 12.7 Å². The maximum absolute atomic E-state index is 5.27. The average molecular weight is 235 g/mol. The van der Waals surface area contributed by atoms with E-state index >= 15 is 0 Å². The molecule has 0 N–H and O–H groups in total. The first kappa shape index (κ1) is 12.2. The van der Waals surface area contributed by atoms with Gasteiger partial charge in [0.1, 0.15) is 0 Å². The van der Waals surface area contributed by atoms with Crippen molar-refractivity contribution in [2.75, 3.05) is 18.5 Å². The summed E-state index contributed by atoms with van der Waals surface area (Å²) in [6.07, 6.45) is 5.50. The third-order valence-electron chi connectivity index (χ3n) is 1.82. The van der Waals surface area contributed by atoms with E-state index in [1.807, 2.05) is 13.0 Å². The number of hydrogen-bond acceptors (Lipinski definition) is 1. The average Bonchev–Trinajstić information content (AvgIpc) is 2.10. The van der Waals surface area contributed by atoms with Gasteiger partial charge in [-0.05, 0) is 32.1 Å². The predicted octanol–water partition coefficient (Wildman–Crippen LogP) is 3.39. The van der Waals surface area contributed by atoms with Crippen LogP contribution in [0.15, 0.2) is 12.7 Å². The van der Waals surface area contributed by atoms with Crippen LogP contribution >= 0.6 is 15.9 Å². The highest BCUT2D eigenvalue weighted by atomic mass is 79.9. The van der Waals surface area contributed by atoms with Crippen molar-refractivity contribution in [3.8, 4) is 0 Å². The molecule has 0 aromatic heterocycles. The summed E-state index contributed by atoms with van der Waals surface area (Å²) in [5, 5.41) is 1.07. The second kappa shape index (κ2) is 9.27. The Morgan fingerprint density at radius 1 is 1.58 bits per heavy atom. The minimum atomic E-state index is 0.739. The predicted molar refractivity (Wildman–Crippen MR) is 57.8 cm³/mol. The molecule has 0 amide bonds. The van der Waals surface area contributed by atoms with Crippen molar-refractivity contribution < 1.29 is 4.74 Å². The van der Waals surface area contributed by atoms with Crippen LogP contribution in [-0.4, -0.2) is 18.5 Å². The van der Waals surface area contributed by atoms with E-state index in [1.165, 1.54) is 6.42 Å². The van der Waals surface area contributed by atoms with Crippen molar-refractivity contribution in [3.63, 3.8) is 0 Å². The number of hydrogen-bond donors (Lipinski definition) is 0. The maximum Gasteiger partial charge on any atom is 0.0466 e. The Labute approximate surface area is 84.3 Å². The van der Waals surface area contributed by atoms with E-state index in [0.29, 0.717) is 0 Å². The molecule has 0 saturated heterocycles. The summed E-state index contributed by atoms with van der Waals surface area (Å²) in [6.45, 7) is 7.51. The Bertz CT molecular complexity index is 104. The molecule has 0 heterocycles. The minimum Gasteiger partial charge on any atom is -0.382 e. The zero-order chi connectivity index (χ0) is 9.23. The van der Waals surface area contributed by atoms with Crippen LogP contribution < -0.4 is 0 Å². The van der Waals surface area contributed by atoms with E-state index in [0.717, 1.165) is 37.3 Å². The summed E-state index contributed by atoms with van der Waals surface area (Å²) in [6, 6.07) is 0. The van der Waals surface area contributed by atoms with Gasteiger partial charge in [0, 0.05) is 18.5 Å². The molecule has 0 spiro atoms. The number of ether oxygens (including phenoxy) is 1. The lowest BCUT2D eigenvalue weighted by atomic mass is 10.0. The Balaban J connectivity index is 3.25. The fourth-order valence-electron chi connectivity index (χ4n) is 1.11. The molecule has 0 aliphatic rings. The van der Waals surface area contributed by atoms with Crippen LogP contribution in [-0.2, 0) is 4.74 Å². The summed E-state index contributed by atoms with van der Waals surface area (Å²) in [4.78, 5) is 0. The van der Waals surface area contributed by atoms with E-state index in [4.69, 9.17) is 4.74 Å². The zero-order valence-corrected chi connectivity index (χ0v) is 9.48. The van der Waals surface area contributed by atoms with Gasteiger partial charge in [-0.25, -0.2) is 0 Å². The minimum absolute atomic E-state index is 0.739. The molecule has 2 heteroatoms. The summed E-state index contributed by atoms with van der Waals surface area (Å²) >= 11 is 3.50. The highest BCUT2D eigenvalue weighted by Gasteiger charge is 2.03. The fourth-order valence-corrected chi connectivity index (χ4v) is 1.70. The first-order valence-electron chi connectivity index (χ1n) is 4.59. The van der Waals surface area contributed by atoms with Crippen LogP contribution in [0.25, 0.3) is 0 Å². The number of rotatable bonds is 8. The van der Waals surface area contributed by atoms with Gasteiger partial charge in [-0.2, -0.15) is 0 Å². The van der Waals surface area contributed by atoms with Gasteiger partial charge in [0.25, 0.3) is 0 Å². The second-order valence-corrected chi connectivity index (χ2v) is 3.53. The highest BCUT2D eigenvalue weighted by Crippen LogP contribution is 2.14. The third-order valence-corrected chi connectivity index (χ3v) is 2.74. The van der Waals surface area contributed by atoms with Gasteiger partial charge in [0.2, 0.25) is 0 Å². The van der Waals surface area contributed by atoms with Gasteiger partial charge < -0.3 is 4.74 Å². The van der Waals surface area contributed by atoms with E-state index < -0.39 is 0 Å². The molecule has 0 aliphatic heterocycles. The topological polar surface area (TPSA) is 9.23 Å². The number of alkyl halides is 1. The van der Waals surface area contributed by atoms with Gasteiger partial charge in [-0.3, -0.25) is 0 Å². The Morgan fingerprint density at radius 3 is 2.83 bits per heavy atom. The van der Waals surface area contributed by atoms with Gasteiger partial charge in [0.15, 0.2) is 0 Å². The molecular formula is C10H19BrO. The summed E-state index contributed by atoms with van der Waals surface area (Å²) in [7, 11) is 0. The second-order valence-electron chi connectivity index (χ2n) is 2.88. The lowest BCUT2D eigenvalue weighted by molar-refractivity contribution is 0.140. The molecule has 0 fully saturated rings. The molecule has 0 aromatic carbocycles. The quantitative estimate of drug-likeness (QED) is 0.356. The molecule has 0 aromatic rings. The van der Waals surface area contributed by atoms with Crippen LogP contribution in [0.2, 0.25) is 0 Å². The van der Waals surface area contributed by atoms with Crippen molar-refractivity contribution in [2.24, 2.45) is 5.92 Å². The maximum atomic E-state index is 5.27. The smallest absolute Gasteiger partial charge is 0.0466 e. The Kier molecular flexibility index (Phi) is 9.41. The van der Waals surface area contributed by atoms with E-state index in [9.17, 15) is 0 Å². The molecule has 72 valence electrons. The molecule has 0 rings (SSSR count). The van der Waals surface area contributed by atoms with Crippen molar-refractivity contribution in [2.45, 2.75) is 26.2 Å². The molecule has 0 aliphatic carbocycles. The molecule has 0 bridgehead atoms. The first-order valence-corrected chi connectivity index (χ1v) is 5.71. The van der Waals surface area contributed by atoms with Crippen molar-refractivity contribution in [1.29, 1.82) is 0 Å². The molecule has 12 heavy (non-hydrogen) atoms.